The molecule has 2 aliphatic rings. The van der Waals surface area contributed by atoms with E-state index >= 15 is 0 Å². The summed E-state index contributed by atoms with van der Waals surface area (Å²) in [6, 6.07) is 14.7. The number of rotatable bonds is 8. The first-order chi connectivity index (χ1) is 17.0. The van der Waals surface area contributed by atoms with Crippen LogP contribution in [0.3, 0.4) is 0 Å². The standard InChI is InChI=1S/C27H32N2O6/c1-34-16-24(26(31)32)28-25(30)21-13-3-2-4-14-23(21)29-27(33)35-15-22-19-11-7-5-9-17(19)18-10-6-8-12-20(18)22/h5-12,21-24H,2-4,13-16H2,1H3,(H,28,30)(H,29,33)(H,31,32). The summed E-state index contributed by atoms with van der Waals surface area (Å²) in [6.45, 7) is 0.0661. The largest absolute Gasteiger partial charge is 0.480 e. The van der Waals surface area contributed by atoms with Crippen LogP contribution < -0.4 is 10.6 Å². The van der Waals surface area contributed by atoms with E-state index in [0.29, 0.717) is 12.8 Å². The van der Waals surface area contributed by atoms with E-state index in [1.54, 1.807) is 0 Å². The van der Waals surface area contributed by atoms with E-state index in [9.17, 15) is 19.5 Å². The van der Waals surface area contributed by atoms with Crippen molar-refractivity contribution in [3.8, 4) is 11.1 Å². The molecule has 0 bridgehead atoms. The number of nitrogens with one attached hydrogen (secondary N) is 2. The van der Waals surface area contributed by atoms with Crippen LogP contribution in [0, 0.1) is 5.92 Å². The summed E-state index contributed by atoms with van der Waals surface area (Å²) in [5, 5.41) is 14.8. The molecular weight excluding hydrogens is 448 g/mol. The SMILES string of the molecule is COCC(NC(=O)C1CCCCCC1NC(=O)OCC1c2ccccc2-c2ccccc21)C(=O)O. The molecule has 3 atom stereocenters. The average molecular weight is 481 g/mol. The third-order valence-corrected chi connectivity index (χ3v) is 6.95. The molecule has 0 spiro atoms. The number of aliphatic carboxylic acids is 1. The summed E-state index contributed by atoms with van der Waals surface area (Å²) in [7, 11) is 1.38. The van der Waals surface area contributed by atoms with Crippen LogP contribution in [0.5, 0.6) is 0 Å². The monoisotopic (exact) mass is 480 g/mol. The molecule has 186 valence electrons. The summed E-state index contributed by atoms with van der Waals surface area (Å²) in [6.07, 6.45) is 3.29. The molecule has 1 fully saturated rings. The molecule has 0 saturated heterocycles. The van der Waals surface area contributed by atoms with Crippen molar-refractivity contribution in [3.63, 3.8) is 0 Å². The number of alkyl carbamates (subject to hydrolysis) is 1. The molecule has 3 unspecified atom stereocenters. The van der Waals surface area contributed by atoms with Crippen LogP contribution in [0.2, 0.25) is 0 Å². The maximum absolute atomic E-state index is 13.0. The Morgan fingerprint density at radius 2 is 1.60 bits per heavy atom. The van der Waals surface area contributed by atoms with Crippen molar-refractivity contribution in [2.75, 3.05) is 20.3 Å². The van der Waals surface area contributed by atoms with Crippen LogP contribution in [-0.4, -0.2) is 55.5 Å². The molecule has 8 nitrogen and oxygen atoms in total. The third-order valence-electron chi connectivity index (χ3n) is 6.95. The van der Waals surface area contributed by atoms with E-state index in [1.165, 1.54) is 7.11 Å². The van der Waals surface area contributed by atoms with Crippen molar-refractivity contribution in [2.24, 2.45) is 5.92 Å². The summed E-state index contributed by atoms with van der Waals surface area (Å²) in [5.74, 6) is -2.13. The van der Waals surface area contributed by atoms with Gasteiger partial charge in [-0.2, -0.15) is 0 Å². The Kier molecular flexibility index (Phi) is 8.02. The predicted octanol–water partition coefficient (Wildman–Crippen LogP) is 3.69. The van der Waals surface area contributed by atoms with Gasteiger partial charge in [-0.15, -0.1) is 0 Å². The summed E-state index contributed by atoms with van der Waals surface area (Å²) >= 11 is 0. The van der Waals surface area contributed by atoms with Crippen LogP contribution in [0.15, 0.2) is 48.5 Å². The minimum absolute atomic E-state index is 0.0493. The van der Waals surface area contributed by atoms with E-state index in [0.717, 1.165) is 41.5 Å². The average Bonchev–Trinajstić information content (AvgIpc) is 2.98. The highest BCUT2D eigenvalue weighted by molar-refractivity contribution is 5.86. The molecule has 2 aliphatic carbocycles. The topological polar surface area (TPSA) is 114 Å². The highest BCUT2D eigenvalue weighted by Crippen LogP contribution is 2.44. The summed E-state index contributed by atoms with van der Waals surface area (Å²) in [5.41, 5.74) is 4.57. The number of carbonyl (C=O) groups is 3. The van der Waals surface area contributed by atoms with Crippen molar-refractivity contribution < 1.29 is 29.0 Å². The van der Waals surface area contributed by atoms with Crippen LogP contribution >= 0.6 is 0 Å². The number of carboxylic acid groups (broad SMARTS) is 1. The molecule has 35 heavy (non-hydrogen) atoms. The number of amides is 2. The van der Waals surface area contributed by atoms with Gasteiger partial charge in [-0.1, -0.05) is 67.8 Å². The fraction of sp³-hybridized carbons (Fsp3) is 0.444. The van der Waals surface area contributed by atoms with Gasteiger partial charge in [0.05, 0.1) is 12.5 Å². The molecule has 2 aromatic carbocycles. The Bertz CT molecular complexity index is 1030. The van der Waals surface area contributed by atoms with Crippen molar-refractivity contribution in [3.05, 3.63) is 59.7 Å². The number of carboxylic acids is 1. The number of hydrogen-bond donors (Lipinski definition) is 3. The Morgan fingerprint density at radius 1 is 0.971 bits per heavy atom. The molecule has 8 heteroatoms. The number of benzene rings is 2. The molecule has 2 amide bonds. The highest BCUT2D eigenvalue weighted by atomic mass is 16.5. The van der Waals surface area contributed by atoms with Gasteiger partial charge in [-0.25, -0.2) is 9.59 Å². The van der Waals surface area contributed by atoms with Gasteiger partial charge < -0.3 is 25.2 Å². The number of hydrogen-bond acceptors (Lipinski definition) is 5. The zero-order valence-corrected chi connectivity index (χ0v) is 19.9. The lowest BCUT2D eigenvalue weighted by atomic mass is 9.93. The van der Waals surface area contributed by atoms with Crippen LogP contribution in [0.1, 0.15) is 49.1 Å². The molecule has 0 aromatic heterocycles. The zero-order valence-electron chi connectivity index (χ0n) is 19.9. The van der Waals surface area contributed by atoms with Gasteiger partial charge in [0.25, 0.3) is 0 Å². The fourth-order valence-electron chi connectivity index (χ4n) is 5.21. The van der Waals surface area contributed by atoms with Crippen LogP contribution in [-0.2, 0) is 19.1 Å². The quantitative estimate of drug-likeness (QED) is 0.497. The van der Waals surface area contributed by atoms with Crippen molar-refractivity contribution in [1.82, 2.24) is 10.6 Å². The van der Waals surface area contributed by atoms with Crippen molar-refractivity contribution >= 4 is 18.0 Å². The second kappa shape index (κ2) is 11.4. The van der Waals surface area contributed by atoms with Gasteiger partial charge in [0.2, 0.25) is 5.91 Å². The molecule has 0 heterocycles. The van der Waals surface area contributed by atoms with Gasteiger partial charge in [0.1, 0.15) is 6.61 Å². The van der Waals surface area contributed by atoms with Crippen LogP contribution in [0.25, 0.3) is 11.1 Å². The normalized spacial score (nSPS) is 20.1. The molecule has 0 radical (unpaired) electrons. The minimum Gasteiger partial charge on any atom is -0.480 e. The second-order valence-corrected chi connectivity index (χ2v) is 9.18. The predicted molar refractivity (Wildman–Crippen MR) is 130 cm³/mol. The van der Waals surface area contributed by atoms with Gasteiger partial charge in [-0.3, -0.25) is 4.79 Å². The maximum atomic E-state index is 13.0. The van der Waals surface area contributed by atoms with Gasteiger partial charge in [0.15, 0.2) is 6.04 Å². The summed E-state index contributed by atoms with van der Waals surface area (Å²) in [4.78, 5) is 37.2. The maximum Gasteiger partial charge on any atom is 0.407 e. The zero-order chi connectivity index (χ0) is 24.8. The third kappa shape index (κ3) is 5.65. The van der Waals surface area contributed by atoms with Gasteiger partial charge >= 0.3 is 12.1 Å². The Balaban J connectivity index is 1.41. The molecule has 1 saturated carbocycles. The lowest BCUT2D eigenvalue weighted by molar-refractivity contribution is -0.144. The number of fused-ring (bicyclic) bond motifs is 3. The van der Waals surface area contributed by atoms with E-state index in [2.05, 4.69) is 34.9 Å². The van der Waals surface area contributed by atoms with Gasteiger partial charge in [-0.05, 0) is 35.1 Å². The fourth-order valence-corrected chi connectivity index (χ4v) is 5.21. The first kappa shape index (κ1) is 24.7. The van der Waals surface area contributed by atoms with Crippen molar-refractivity contribution in [1.29, 1.82) is 0 Å². The molecule has 0 aliphatic heterocycles. The molecule has 4 rings (SSSR count). The first-order valence-corrected chi connectivity index (χ1v) is 12.1. The van der Waals surface area contributed by atoms with Crippen molar-refractivity contribution in [2.45, 2.75) is 50.1 Å². The molecule has 3 N–H and O–H groups in total. The second-order valence-electron chi connectivity index (χ2n) is 9.18. The van der Waals surface area contributed by atoms with Gasteiger partial charge in [0, 0.05) is 19.1 Å². The van der Waals surface area contributed by atoms with E-state index in [1.807, 2.05) is 24.3 Å². The Morgan fingerprint density at radius 3 is 2.23 bits per heavy atom. The number of methoxy groups -OCH3 is 1. The minimum atomic E-state index is -1.16. The molecular formula is C27H32N2O6. The molecule has 2 aromatic rings. The number of carbonyl (C=O) groups excluding carboxylic acids is 2. The number of ether oxygens (including phenoxy) is 2. The Hall–Kier alpha value is -3.39. The summed E-state index contributed by atoms with van der Waals surface area (Å²) < 4.78 is 10.6. The van der Waals surface area contributed by atoms with E-state index in [4.69, 9.17) is 9.47 Å². The van der Waals surface area contributed by atoms with Crippen LogP contribution in [0.4, 0.5) is 4.79 Å². The van der Waals surface area contributed by atoms with E-state index < -0.39 is 30.1 Å². The lowest BCUT2D eigenvalue weighted by Gasteiger charge is -2.26. The first-order valence-electron chi connectivity index (χ1n) is 12.1. The lowest BCUT2D eigenvalue weighted by Crippen LogP contribution is -2.51. The highest BCUT2D eigenvalue weighted by Gasteiger charge is 2.34. The van der Waals surface area contributed by atoms with E-state index in [-0.39, 0.29) is 25.0 Å². The smallest absolute Gasteiger partial charge is 0.407 e. The Labute approximate surface area is 205 Å².